The fourth-order valence-electron chi connectivity index (χ4n) is 3.74. The molecule has 0 heterocycles. The predicted molar refractivity (Wildman–Crippen MR) is 105 cm³/mol. The second-order valence-corrected chi connectivity index (χ2v) is 7.51. The lowest BCUT2D eigenvalue weighted by molar-refractivity contribution is -0.134. The molecule has 0 bridgehead atoms. The number of hydrogen-bond acceptors (Lipinski definition) is 2. The number of carbonyl (C=O) groups is 1. The third-order valence-electron chi connectivity index (χ3n) is 5.47. The Labute approximate surface area is 153 Å². The van der Waals surface area contributed by atoms with Gasteiger partial charge in [0.15, 0.2) is 0 Å². The van der Waals surface area contributed by atoms with E-state index < -0.39 is 0 Å². The number of benzene rings is 1. The van der Waals surface area contributed by atoms with Crippen LogP contribution in [0.5, 0.6) is 5.75 Å². The minimum absolute atomic E-state index is 0.120. The Balaban J connectivity index is 1.63. The second-order valence-electron chi connectivity index (χ2n) is 7.51. The maximum atomic E-state index is 11.9. The highest BCUT2D eigenvalue weighted by atomic mass is 16.5. The molecule has 2 heteroatoms. The monoisotopic (exact) mass is 342 g/mol. The fraction of sp³-hybridized carbons (Fsp3) is 0.609. The summed E-state index contributed by atoms with van der Waals surface area (Å²) in [5.41, 5.74) is 1.55. The van der Waals surface area contributed by atoms with Gasteiger partial charge in [0.25, 0.3) is 0 Å². The molecule has 0 saturated carbocycles. The van der Waals surface area contributed by atoms with Crippen LogP contribution in [-0.4, -0.2) is 5.97 Å². The first kappa shape index (κ1) is 19.8. The van der Waals surface area contributed by atoms with E-state index in [-0.39, 0.29) is 5.97 Å². The molecule has 2 nitrogen and oxygen atoms in total. The van der Waals surface area contributed by atoms with Crippen LogP contribution in [-0.2, 0) is 4.79 Å². The Morgan fingerprint density at radius 1 is 1.20 bits per heavy atom. The van der Waals surface area contributed by atoms with Crippen molar-refractivity contribution < 1.29 is 9.53 Å². The lowest BCUT2D eigenvalue weighted by atomic mass is 9.78. The van der Waals surface area contributed by atoms with Crippen LogP contribution in [0.3, 0.4) is 0 Å². The van der Waals surface area contributed by atoms with Crippen molar-refractivity contribution in [3.8, 4) is 5.75 Å². The van der Waals surface area contributed by atoms with Crippen LogP contribution in [0.4, 0.5) is 0 Å². The first-order valence-corrected chi connectivity index (χ1v) is 10.1. The van der Waals surface area contributed by atoms with Crippen LogP contribution in [0, 0.1) is 11.8 Å². The van der Waals surface area contributed by atoms with Gasteiger partial charge in [-0.25, -0.2) is 0 Å². The minimum atomic E-state index is -0.120. The van der Waals surface area contributed by atoms with Crippen LogP contribution in [0.25, 0.3) is 0 Å². The standard InChI is InChI=1S/C23H34O2/c1-3-4-6-10-19(2)21-17-15-20(16-18-21)11-9-14-23(24)25-22-12-7-5-8-13-22/h5,7-8,12-13,15,19,21H,3-4,6,9-11,14,16-18H2,1-2H3. The van der Waals surface area contributed by atoms with Crippen molar-refractivity contribution in [2.24, 2.45) is 11.8 Å². The number of hydrogen-bond donors (Lipinski definition) is 0. The number of carbonyl (C=O) groups excluding carboxylic acids is 1. The highest BCUT2D eigenvalue weighted by Gasteiger charge is 2.20. The van der Waals surface area contributed by atoms with Crippen LogP contribution < -0.4 is 4.74 Å². The van der Waals surface area contributed by atoms with Gasteiger partial charge >= 0.3 is 5.97 Å². The zero-order chi connectivity index (χ0) is 17.9. The van der Waals surface area contributed by atoms with Crippen molar-refractivity contribution in [2.75, 3.05) is 0 Å². The average Bonchev–Trinajstić information content (AvgIpc) is 2.63. The molecular weight excluding hydrogens is 308 g/mol. The Morgan fingerprint density at radius 2 is 2.00 bits per heavy atom. The molecule has 0 aromatic heterocycles. The zero-order valence-electron chi connectivity index (χ0n) is 16.0. The zero-order valence-corrected chi connectivity index (χ0v) is 16.0. The lowest BCUT2D eigenvalue weighted by Crippen LogP contribution is -2.15. The number of ether oxygens (including phenoxy) is 1. The van der Waals surface area contributed by atoms with Crippen molar-refractivity contribution in [2.45, 2.75) is 78.1 Å². The molecule has 2 rings (SSSR count). The largest absolute Gasteiger partial charge is 0.427 e. The van der Waals surface area contributed by atoms with Crippen LogP contribution >= 0.6 is 0 Å². The van der Waals surface area contributed by atoms with Gasteiger partial charge < -0.3 is 4.74 Å². The third kappa shape index (κ3) is 7.46. The molecule has 0 fully saturated rings. The molecule has 0 N–H and O–H groups in total. The molecule has 138 valence electrons. The SMILES string of the molecule is CCCCCC(C)C1CC=C(CCCC(=O)Oc2ccccc2)CC1. The summed E-state index contributed by atoms with van der Waals surface area (Å²) < 4.78 is 5.34. The summed E-state index contributed by atoms with van der Waals surface area (Å²) in [7, 11) is 0. The van der Waals surface area contributed by atoms with Gasteiger partial charge in [0.05, 0.1) is 0 Å². The first-order valence-electron chi connectivity index (χ1n) is 10.1. The molecule has 1 aliphatic rings. The van der Waals surface area contributed by atoms with Crippen LogP contribution in [0.15, 0.2) is 42.0 Å². The van der Waals surface area contributed by atoms with Gasteiger partial charge in [-0.1, -0.05) is 69.4 Å². The Kier molecular flexibility index (Phi) is 8.79. The molecule has 0 saturated heterocycles. The number of allylic oxidation sites excluding steroid dienone is 2. The van der Waals surface area contributed by atoms with Gasteiger partial charge in [-0.2, -0.15) is 0 Å². The summed E-state index contributed by atoms with van der Waals surface area (Å²) in [6.07, 6.45) is 14.1. The molecule has 1 aliphatic carbocycles. The Bertz CT molecular complexity index is 532. The summed E-state index contributed by atoms with van der Waals surface area (Å²) in [5, 5.41) is 0. The van der Waals surface area contributed by atoms with Gasteiger partial charge in [0, 0.05) is 6.42 Å². The van der Waals surface area contributed by atoms with Crippen molar-refractivity contribution in [1.82, 2.24) is 0 Å². The van der Waals surface area contributed by atoms with Gasteiger partial charge in [-0.05, 0) is 56.1 Å². The van der Waals surface area contributed by atoms with E-state index in [2.05, 4.69) is 19.9 Å². The van der Waals surface area contributed by atoms with Crippen LogP contribution in [0.1, 0.15) is 78.1 Å². The van der Waals surface area contributed by atoms with E-state index in [0.717, 1.165) is 24.7 Å². The van der Waals surface area contributed by atoms with Crippen molar-refractivity contribution in [1.29, 1.82) is 0 Å². The molecule has 0 aliphatic heterocycles. The minimum Gasteiger partial charge on any atom is -0.427 e. The van der Waals surface area contributed by atoms with E-state index in [9.17, 15) is 4.79 Å². The highest BCUT2D eigenvalue weighted by molar-refractivity contribution is 5.72. The summed E-state index contributed by atoms with van der Waals surface area (Å²) in [6.45, 7) is 4.70. The van der Waals surface area contributed by atoms with Crippen molar-refractivity contribution in [3.63, 3.8) is 0 Å². The molecule has 2 atom stereocenters. The number of unbranched alkanes of at least 4 members (excludes halogenated alkanes) is 2. The quantitative estimate of drug-likeness (QED) is 0.204. The third-order valence-corrected chi connectivity index (χ3v) is 5.47. The van der Waals surface area contributed by atoms with Crippen molar-refractivity contribution >= 4 is 5.97 Å². The summed E-state index contributed by atoms with van der Waals surface area (Å²) in [4.78, 5) is 11.9. The van der Waals surface area contributed by atoms with Crippen molar-refractivity contribution in [3.05, 3.63) is 42.0 Å². The number of esters is 1. The molecular formula is C23H34O2. The Hall–Kier alpha value is -1.57. The maximum absolute atomic E-state index is 11.9. The number of rotatable bonds is 10. The summed E-state index contributed by atoms with van der Waals surface area (Å²) in [6, 6.07) is 9.34. The molecule has 2 unspecified atom stereocenters. The van der Waals surface area contributed by atoms with E-state index in [1.807, 2.05) is 30.3 Å². The molecule has 0 spiro atoms. The second kappa shape index (κ2) is 11.1. The molecule has 0 amide bonds. The van der Waals surface area contributed by atoms with Gasteiger partial charge in [-0.15, -0.1) is 0 Å². The predicted octanol–water partition coefficient (Wildman–Crippen LogP) is 6.71. The topological polar surface area (TPSA) is 26.3 Å². The molecule has 1 aromatic carbocycles. The van der Waals surface area contributed by atoms with E-state index in [0.29, 0.717) is 12.2 Å². The Morgan fingerprint density at radius 3 is 2.68 bits per heavy atom. The molecule has 1 aromatic rings. The van der Waals surface area contributed by atoms with Crippen LogP contribution in [0.2, 0.25) is 0 Å². The average molecular weight is 343 g/mol. The first-order chi connectivity index (χ1) is 12.2. The lowest BCUT2D eigenvalue weighted by Gasteiger charge is -2.27. The molecule has 0 radical (unpaired) electrons. The van der Waals surface area contributed by atoms with E-state index in [4.69, 9.17) is 4.74 Å². The van der Waals surface area contributed by atoms with E-state index in [1.54, 1.807) is 5.57 Å². The molecule has 25 heavy (non-hydrogen) atoms. The fourth-order valence-corrected chi connectivity index (χ4v) is 3.74. The van der Waals surface area contributed by atoms with E-state index >= 15 is 0 Å². The van der Waals surface area contributed by atoms with Gasteiger partial charge in [0.1, 0.15) is 5.75 Å². The normalized spacial score (nSPS) is 18.5. The smallest absolute Gasteiger partial charge is 0.311 e. The van der Waals surface area contributed by atoms with Gasteiger partial charge in [-0.3, -0.25) is 4.79 Å². The van der Waals surface area contributed by atoms with Gasteiger partial charge in [0.2, 0.25) is 0 Å². The number of para-hydroxylation sites is 1. The maximum Gasteiger partial charge on any atom is 0.311 e. The van der Waals surface area contributed by atoms with E-state index in [1.165, 1.54) is 44.9 Å². The summed E-state index contributed by atoms with van der Waals surface area (Å²) >= 11 is 0. The summed E-state index contributed by atoms with van der Waals surface area (Å²) in [5.74, 6) is 2.24. The highest BCUT2D eigenvalue weighted by Crippen LogP contribution is 2.33.